The number of rotatable bonds is 3. The van der Waals surface area contributed by atoms with Crippen molar-refractivity contribution in [2.24, 2.45) is 0 Å². The highest BCUT2D eigenvalue weighted by Gasteiger charge is 2.14. The maximum absolute atomic E-state index is 12.2. The number of benzene rings is 1. The minimum Gasteiger partial charge on any atom is -0.454 e. The van der Waals surface area contributed by atoms with E-state index in [1.807, 2.05) is 36.4 Å². The third kappa shape index (κ3) is 2.37. The van der Waals surface area contributed by atoms with Crippen LogP contribution in [-0.2, 0) is 6.54 Å². The summed E-state index contributed by atoms with van der Waals surface area (Å²) >= 11 is 1.39. The molecule has 0 spiro atoms. The van der Waals surface area contributed by atoms with E-state index in [1.54, 1.807) is 6.20 Å². The van der Waals surface area contributed by atoms with Crippen LogP contribution >= 0.6 is 11.3 Å². The molecule has 1 aliphatic rings. The first kappa shape index (κ1) is 13.1. The van der Waals surface area contributed by atoms with Gasteiger partial charge in [0.25, 0.3) is 5.91 Å². The highest BCUT2D eigenvalue weighted by Crippen LogP contribution is 2.32. The molecule has 0 aliphatic carbocycles. The first-order chi connectivity index (χ1) is 10.8. The van der Waals surface area contributed by atoms with E-state index in [2.05, 4.69) is 10.3 Å². The molecule has 0 saturated carbocycles. The summed E-state index contributed by atoms with van der Waals surface area (Å²) < 4.78 is 10.6. The number of carbonyl (C=O) groups is 1. The standard InChI is InChI=1S/C16H12N2O3S/c19-15(14-7-11-2-1-5-17-16(11)22-14)18-8-10-3-4-12-13(6-10)21-9-20-12/h1-7H,8-9H2,(H,18,19). The third-order valence-corrected chi connectivity index (χ3v) is 4.47. The van der Waals surface area contributed by atoms with Gasteiger partial charge in [-0.2, -0.15) is 0 Å². The normalized spacial score (nSPS) is 12.5. The van der Waals surface area contributed by atoms with Crippen LogP contribution in [0, 0.1) is 0 Å². The first-order valence-corrected chi connectivity index (χ1v) is 7.62. The molecule has 3 aromatic rings. The molecule has 0 bridgehead atoms. The third-order valence-electron chi connectivity index (χ3n) is 3.41. The Balaban J connectivity index is 1.48. The van der Waals surface area contributed by atoms with Crippen LogP contribution in [0.1, 0.15) is 15.2 Å². The van der Waals surface area contributed by atoms with Gasteiger partial charge in [-0.3, -0.25) is 4.79 Å². The fourth-order valence-electron chi connectivity index (χ4n) is 2.31. The molecule has 0 atom stereocenters. The summed E-state index contributed by atoms with van der Waals surface area (Å²) in [5.74, 6) is 1.36. The van der Waals surface area contributed by atoms with Crippen LogP contribution in [0.5, 0.6) is 11.5 Å². The number of aromatic nitrogens is 1. The number of amides is 1. The van der Waals surface area contributed by atoms with E-state index in [0.29, 0.717) is 11.4 Å². The number of carbonyl (C=O) groups excluding carboxylic acids is 1. The van der Waals surface area contributed by atoms with Crippen molar-refractivity contribution in [3.8, 4) is 11.5 Å². The van der Waals surface area contributed by atoms with Gasteiger partial charge in [0.1, 0.15) is 4.83 Å². The smallest absolute Gasteiger partial charge is 0.261 e. The van der Waals surface area contributed by atoms with Crippen molar-refractivity contribution in [3.63, 3.8) is 0 Å². The van der Waals surface area contributed by atoms with Crippen LogP contribution in [0.4, 0.5) is 0 Å². The average Bonchev–Trinajstić information content (AvgIpc) is 3.18. The molecule has 0 fully saturated rings. The minimum absolute atomic E-state index is 0.0966. The SMILES string of the molecule is O=C(NCc1ccc2c(c1)OCO2)c1cc2cccnc2s1. The zero-order valence-corrected chi connectivity index (χ0v) is 12.4. The van der Waals surface area contributed by atoms with Gasteiger partial charge in [-0.25, -0.2) is 4.98 Å². The molecule has 1 aliphatic heterocycles. The molecule has 4 rings (SSSR count). The maximum atomic E-state index is 12.2. The molecule has 5 nitrogen and oxygen atoms in total. The molecule has 22 heavy (non-hydrogen) atoms. The summed E-state index contributed by atoms with van der Waals surface area (Å²) in [6, 6.07) is 11.3. The van der Waals surface area contributed by atoms with Crippen LogP contribution in [0.25, 0.3) is 10.2 Å². The topological polar surface area (TPSA) is 60.5 Å². The molecular formula is C16H12N2O3S. The second-order valence-corrected chi connectivity index (χ2v) is 5.91. The Morgan fingerprint density at radius 1 is 1.23 bits per heavy atom. The van der Waals surface area contributed by atoms with E-state index in [9.17, 15) is 4.79 Å². The van der Waals surface area contributed by atoms with E-state index in [-0.39, 0.29) is 12.7 Å². The van der Waals surface area contributed by atoms with Gasteiger partial charge in [0.2, 0.25) is 6.79 Å². The molecule has 1 aromatic carbocycles. The molecular weight excluding hydrogens is 300 g/mol. The van der Waals surface area contributed by atoms with Gasteiger partial charge >= 0.3 is 0 Å². The number of hydrogen-bond acceptors (Lipinski definition) is 5. The van der Waals surface area contributed by atoms with Crippen molar-refractivity contribution in [3.05, 3.63) is 53.0 Å². The Bertz CT molecular complexity index is 826. The van der Waals surface area contributed by atoms with Gasteiger partial charge in [-0.1, -0.05) is 12.1 Å². The van der Waals surface area contributed by atoms with Crippen molar-refractivity contribution in [2.75, 3.05) is 6.79 Å². The van der Waals surface area contributed by atoms with Crippen LogP contribution in [0.3, 0.4) is 0 Å². The molecule has 0 saturated heterocycles. The predicted molar refractivity (Wildman–Crippen MR) is 83.4 cm³/mol. The molecule has 0 radical (unpaired) electrons. The van der Waals surface area contributed by atoms with Crippen LogP contribution in [0.2, 0.25) is 0 Å². The highest BCUT2D eigenvalue weighted by molar-refractivity contribution is 7.20. The van der Waals surface area contributed by atoms with Gasteiger partial charge in [0.15, 0.2) is 11.5 Å². The largest absolute Gasteiger partial charge is 0.454 e. The second kappa shape index (κ2) is 5.31. The van der Waals surface area contributed by atoms with Crippen molar-refractivity contribution in [1.29, 1.82) is 0 Å². The number of hydrogen-bond donors (Lipinski definition) is 1. The van der Waals surface area contributed by atoms with E-state index in [1.165, 1.54) is 11.3 Å². The molecule has 110 valence electrons. The Morgan fingerprint density at radius 3 is 3.05 bits per heavy atom. The van der Waals surface area contributed by atoms with Crippen LogP contribution in [0.15, 0.2) is 42.6 Å². The summed E-state index contributed by atoms with van der Waals surface area (Å²) in [7, 11) is 0. The number of ether oxygens (including phenoxy) is 2. The van der Waals surface area contributed by atoms with Crippen molar-refractivity contribution < 1.29 is 14.3 Å². The van der Waals surface area contributed by atoms with E-state index in [4.69, 9.17) is 9.47 Å². The number of thiophene rings is 1. The molecule has 2 aromatic heterocycles. The quantitative estimate of drug-likeness (QED) is 0.808. The summed E-state index contributed by atoms with van der Waals surface area (Å²) in [6.45, 7) is 0.692. The van der Waals surface area contributed by atoms with Crippen molar-refractivity contribution in [2.45, 2.75) is 6.54 Å². The lowest BCUT2D eigenvalue weighted by Crippen LogP contribution is -2.21. The fourth-order valence-corrected chi connectivity index (χ4v) is 3.22. The predicted octanol–water partition coefficient (Wildman–Crippen LogP) is 2.96. The van der Waals surface area contributed by atoms with Gasteiger partial charge in [-0.05, 0) is 29.8 Å². The van der Waals surface area contributed by atoms with Crippen LogP contribution < -0.4 is 14.8 Å². The number of fused-ring (bicyclic) bond motifs is 2. The molecule has 1 N–H and O–H groups in total. The van der Waals surface area contributed by atoms with Gasteiger partial charge in [-0.15, -0.1) is 11.3 Å². The molecule has 6 heteroatoms. The van der Waals surface area contributed by atoms with Crippen molar-refractivity contribution in [1.82, 2.24) is 10.3 Å². The molecule has 1 amide bonds. The lowest BCUT2D eigenvalue weighted by atomic mass is 10.2. The maximum Gasteiger partial charge on any atom is 0.261 e. The van der Waals surface area contributed by atoms with Gasteiger partial charge < -0.3 is 14.8 Å². The van der Waals surface area contributed by atoms with Crippen LogP contribution in [-0.4, -0.2) is 17.7 Å². The van der Waals surface area contributed by atoms with Crippen molar-refractivity contribution >= 4 is 27.5 Å². The monoisotopic (exact) mass is 312 g/mol. The Morgan fingerprint density at radius 2 is 2.14 bits per heavy atom. The lowest BCUT2D eigenvalue weighted by molar-refractivity contribution is 0.0955. The average molecular weight is 312 g/mol. The Labute approximate surface area is 130 Å². The van der Waals surface area contributed by atoms with Gasteiger partial charge in [0, 0.05) is 18.1 Å². The summed E-state index contributed by atoms with van der Waals surface area (Å²) in [6.07, 6.45) is 1.73. The highest BCUT2D eigenvalue weighted by atomic mass is 32.1. The molecule has 3 heterocycles. The van der Waals surface area contributed by atoms with E-state index >= 15 is 0 Å². The first-order valence-electron chi connectivity index (χ1n) is 6.81. The van der Waals surface area contributed by atoms with E-state index < -0.39 is 0 Å². The fraction of sp³-hybridized carbons (Fsp3) is 0.125. The number of nitrogens with zero attached hydrogens (tertiary/aromatic N) is 1. The van der Waals surface area contributed by atoms with Gasteiger partial charge in [0.05, 0.1) is 4.88 Å². The number of pyridine rings is 1. The van der Waals surface area contributed by atoms with E-state index in [0.717, 1.165) is 27.3 Å². The Hall–Kier alpha value is -2.60. The minimum atomic E-state index is -0.0966. The summed E-state index contributed by atoms with van der Waals surface area (Å²) in [4.78, 5) is 18.0. The second-order valence-electron chi connectivity index (χ2n) is 4.88. The number of nitrogens with one attached hydrogen (secondary N) is 1. The molecule has 0 unspecified atom stereocenters. The zero-order chi connectivity index (χ0) is 14.9. The lowest BCUT2D eigenvalue weighted by Gasteiger charge is -2.04. The Kier molecular flexibility index (Phi) is 3.16. The summed E-state index contributed by atoms with van der Waals surface area (Å²) in [5.41, 5.74) is 0.969. The zero-order valence-electron chi connectivity index (χ0n) is 11.5. The summed E-state index contributed by atoms with van der Waals surface area (Å²) in [5, 5.41) is 3.90.